The number of nitrogens with two attached hydrogens (primary N) is 1. The minimum Gasteiger partial charge on any atom is -0.377 e. The number of hydrogen-bond acceptors (Lipinski definition) is 7. The van der Waals surface area contributed by atoms with E-state index in [-0.39, 0.29) is 11.9 Å². The molecule has 1 saturated heterocycles. The first-order valence-electron chi connectivity index (χ1n) is 10.5. The summed E-state index contributed by atoms with van der Waals surface area (Å²) < 4.78 is 5.58. The highest BCUT2D eigenvalue weighted by atomic mass is 32.2. The SMILES string of the molecule is CC(=O)NCCSCc1cc(N2CCOC[C@@H]2C)nc(-c2ccc(N(C)C(N)=O)cc2)n1. The van der Waals surface area contributed by atoms with Gasteiger partial charge in [0, 0.05) is 55.9 Å². The van der Waals surface area contributed by atoms with Gasteiger partial charge in [-0.1, -0.05) is 0 Å². The zero-order valence-corrected chi connectivity index (χ0v) is 19.5. The van der Waals surface area contributed by atoms with Crippen LogP contribution < -0.4 is 20.9 Å². The Hall–Kier alpha value is -2.85. The third kappa shape index (κ3) is 6.33. The van der Waals surface area contributed by atoms with Gasteiger partial charge in [0.05, 0.1) is 24.9 Å². The number of nitrogens with one attached hydrogen (secondary N) is 1. The number of urea groups is 1. The number of amides is 3. The van der Waals surface area contributed by atoms with Crippen LogP contribution in [0.2, 0.25) is 0 Å². The Kier molecular flexibility index (Phi) is 8.29. The van der Waals surface area contributed by atoms with Crippen LogP contribution in [-0.4, -0.2) is 67.1 Å². The zero-order valence-electron chi connectivity index (χ0n) is 18.7. The van der Waals surface area contributed by atoms with Gasteiger partial charge in [-0.05, 0) is 31.2 Å². The fourth-order valence-corrected chi connectivity index (χ4v) is 4.09. The van der Waals surface area contributed by atoms with E-state index in [1.807, 2.05) is 30.3 Å². The van der Waals surface area contributed by atoms with Crippen LogP contribution in [-0.2, 0) is 15.3 Å². The maximum absolute atomic E-state index is 11.4. The smallest absolute Gasteiger partial charge is 0.318 e. The number of rotatable bonds is 8. The van der Waals surface area contributed by atoms with E-state index < -0.39 is 6.03 Å². The molecule has 2 aromatic rings. The van der Waals surface area contributed by atoms with Crippen LogP contribution in [0.15, 0.2) is 30.3 Å². The molecule has 3 amide bonds. The maximum atomic E-state index is 11.4. The van der Waals surface area contributed by atoms with Crippen LogP contribution in [0, 0.1) is 0 Å². The van der Waals surface area contributed by atoms with E-state index in [2.05, 4.69) is 17.1 Å². The molecule has 0 bridgehead atoms. The largest absolute Gasteiger partial charge is 0.377 e. The molecule has 1 aliphatic rings. The second-order valence-electron chi connectivity index (χ2n) is 7.64. The molecular formula is C22H30N6O3S. The summed E-state index contributed by atoms with van der Waals surface area (Å²) >= 11 is 1.71. The lowest BCUT2D eigenvalue weighted by Crippen LogP contribution is -2.44. The van der Waals surface area contributed by atoms with Crippen molar-refractivity contribution in [3.63, 3.8) is 0 Å². The first-order chi connectivity index (χ1) is 15.3. The summed E-state index contributed by atoms with van der Waals surface area (Å²) in [6, 6.07) is 9.18. The van der Waals surface area contributed by atoms with Crippen molar-refractivity contribution in [2.24, 2.45) is 5.73 Å². The lowest BCUT2D eigenvalue weighted by atomic mass is 10.1. The number of anilines is 2. The normalized spacial score (nSPS) is 16.0. The lowest BCUT2D eigenvalue weighted by Gasteiger charge is -2.34. The van der Waals surface area contributed by atoms with Crippen LogP contribution in [0.3, 0.4) is 0 Å². The predicted octanol–water partition coefficient (Wildman–Crippen LogP) is 2.25. The number of carbonyl (C=O) groups is 2. The number of nitrogens with zero attached hydrogens (tertiary/aromatic N) is 4. The van der Waals surface area contributed by atoms with Gasteiger partial charge in [0.25, 0.3) is 0 Å². The molecule has 9 nitrogen and oxygen atoms in total. The molecule has 0 spiro atoms. The standard InChI is InChI=1S/C22H30N6O3S/c1-15-13-31-10-9-28(15)20-12-18(14-32-11-8-24-16(2)29)25-21(26-20)17-4-6-19(7-5-17)27(3)22(23)30/h4-7,12,15H,8-11,13-14H2,1-3H3,(H2,23,30)(H,24,29)/t15-/m0/s1. The molecule has 32 heavy (non-hydrogen) atoms. The Morgan fingerprint density at radius 3 is 2.72 bits per heavy atom. The van der Waals surface area contributed by atoms with Crippen LogP contribution in [0.1, 0.15) is 19.5 Å². The highest BCUT2D eigenvalue weighted by Crippen LogP contribution is 2.26. The van der Waals surface area contributed by atoms with Crippen LogP contribution in [0.4, 0.5) is 16.3 Å². The molecule has 1 aliphatic heterocycles. The number of carbonyl (C=O) groups excluding carboxylic acids is 2. The molecule has 1 aromatic heterocycles. The van der Waals surface area contributed by atoms with Crippen LogP contribution in [0.25, 0.3) is 11.4 Å². The number of aromatic nitrogens is 2. The fraction of sp³-hybridized carbons (Fsp3) is 0.455. The highest BCUT2D eigenvalue weighted by Gasteiger charge is 2.22. The van der Waals surface area contributed by atoms with E-state index in [0.717, 1.165) is 29.4 Å². The number of thioether (sulfide) groups is 1. The van der Waals surface area contributed by atoms with Gasteiger partial charge in [-0.2, -0.15) is 11.8 Å². The van der Waals surface area contributed by atoms with Crippen molar-refractivity contribution in [3.05, 3.63) is 36.0 Å². The average molecular weight is 459 g/mol. The fourth-order valence-electron chi connectivity index (χ4n) is 3.34. The second-order valence-corrected chi connectivity index (χ2v) is 8.74. The number of primary amides is 1. The van der Waals surface area contributed by atoms with Crippen molar-refractivity contribution in [1.82, 2.24) is 15.3 Å². The summed E-state index contributed by atoms with van der Waals surface area (Å²) in [6.45, 7) is 6.36. The van der Waals surface area contributed by atoms with Gasteiger partial charge in [-0.3, -0.25) is 9.69 Å². The van der Waals surface area contributed by atoms with E-state index in [9.17, 15) is 9.59 Å². The summed E-state index contributed by atoms with van der Waals surface area (Å²) in [4.78, 5) is 35.7. The molecule has 1 aromatic carbocycles. The van der Waals surface area contributed by atoms with Crippen molar-refractivity contribution in [2.45, 2.75) is 25.6 Å². The Labute approximate surface area is 192 Å². The molecule has 0 aliphatic carbocycles. The number of benzene rings is 1. The molecule has 10 heteroatoms. The van der Waals surface area contributed by atoms with Crippen LogP contribution >= 0.6 is 11.8 Å². The van der Waals surface area contributed by atoms with Crippen molar-refractivity contribution in [2.75, 3.05) is 48.9 Å². The van der Waals surface area contributed by atoms with Crippen molar-refractivity contribution >= 4 is 35.2 Å². The van der Waals surface area contributed by atoms with Gasteiger partial charge in [-0.25, -0.2) is 14.8 Å². The third-order valence-corrected chi connectivity index (χ3v) is 6.13. The number of ether oxygens (including phenoxy) is 1. The minimum absolute atomic E-state index is 0.0241. The van der Waals surface area contributed by atoms with E-state index >= 15 is 0 Å². The van der Waals surface area contributed by atoms with Crippen LogP contribution in [0.5, 0.6) is 0 Å². The van der Waals surface area contributed by atoms with Gasteiger partial charge in [0.1, 0.15) is 5.82 Å². The summed E-state index contributed by atoms with van der Waals surface area (Å²) in [7, 11) is 1.63. The zero-order chi connectivity index (χ0) is 23.1. The number of morpholine rings is 1. The van der Waals surface area contributed by atoms with Crippen molar-refractivity contribution in [3.8, 4) is 11.4 Å². The topological polar surface area (TPSA) is 114 Å². The molecule has 0 unspecified atom stereocenters. The monoisotopic (exact) mass is 458 g/mol. The Balaban J connectivity index is 1.84. The molecule has 2 heterocycles. The van der Waals surface area contributed by atoms with Crippen molar-refractivity contribution in [1.29, 1.82) is 0 Å². The summed E-state index contributed by atoms with van der Waals surface area (Å²) in [5.74, 6) is 3.00. The average Bonchev–Trinajstić information content (AvgIpc) is 2.78. The molecule has 0 saturated carbocycles. The first kappa shape index (κ1) is 23.8. The molecule has 3 N–H and O–H groups in total. The van der Waals surface area contributed by atoms with Gasteiger partial charge < -0.3 is 20.7 Å². The van der Waals surface area contributed by atoms with E-state index in [1.165, 1.54) is 11.8 Å². The summed E-state index contributed by atoms with van der Waals surface area (Å²) in [5, 5.41) is 2.81. The molecule has 1 fully saturated rings. The third-order valence-electron chi connectivity index (χ3n) is 5.14. The van der Waals surface area contributed by atoms with E-state index in [0.29, 0.717) is 37.0 Å². The molecular weight excluding hydrogens is 428 g/mol. The Bertz CT molecular complexity index is 940. The summed E-state index contributed by atoms with van der Waals surface area (Å²) in [6.07, 6.45) is 0. The van der Waals surface area contributed by atoms with Gasteiger partial charge in [0.2, 0.25) is 5.91 Å². The molecule has 1 atom stereocenters. The Morgan fingerprint density at radius 2 is 2.06 bits per heavy atom. The second kappa shape index (κ2) is 11.1. The minimum atomic E-state index is -0.518. The lowest BCUT2D eigenvalue weighted by molar-refractivity contribution is -0.118. The first-order valence-corrected chi connectivity index (χ1v) is 11.7. The highest BCUT2D eigenvalue weighted by molar-refractivity contribution is 7.98. The van der Waals surface area contributed by atoms with Gasteiger partial charge in [-0.15, -0.1) is 0 Å². The maximum Gasteiger partial charge on any atom is 0.318 e. The molecule has 0 radical (unpaired) electrons. The van der Waals surface area contributed by atoms with E-state index in [4.69, 9.17) is 20.4 Å². The molecule has 172 valence electrons. The van der Waals surface area contributed by atoms with Gasteiger partial charge in [0.15, 0.2) is 5.82 Å². The van der Waals surface area contributed by atoms with Gasteiger partial charge >= 0.3 is 6.03 Å². The predicted molar refractivity (Wildman–Crippen MR) is 128 cm³/mol. The number of hydrogen-bond donors (Lipinski definition) is 2. The molecule has 3 rings (SSSR count). The van der Waals surface area contributed by atoms with E-state index in [1.54, 1.807) is 18.8 Å². The Morgan fingerprint density at radius 1 is 1.31 bits per heavy atom. The summed E-state index contributed by atoms with van der Waals surface area (Å²) in [5.41, 5.74) is 7.85. The van der Waals surface area contributed by atoms with Crippen molar-refractivity contribution < 1.29 is 14.3 Å². The quantitative estimate of drug-likeness (QED) is 0.583.